The molecule has 0 atom stereocenters. The molecule has 0 fully saturated rings. The molecule has 1 amide bonds. The van der Waals surface area contributed by atoms with Crippen molar-refractivity contribution < 1.29 is 4.79 Å². The minimum absolute atomic E-state index is 0.289. The van der Waals surface area contributed by atoms with Gasteiger partial charge < -0.3 is 5.32 Å². The lowest BCUT2D eigenvalue weighted by Gasteiger charge is -2.02. The first-order chi connectivity index (χ1) is 7.79. The lowest BCUT2D eigenvalue weighted by Crippen LogP contribution is -2.12. The predicted octanol–water partition coefficient (Wildman–Crippen LogP) is 1.77. The van der Waals surface area contributed by atoms with Crippen LogP contribution in [-0.4, -0.2) is 14.7 Å². The Hall–Kier alpha value is -2.19. The summed E-state index contributed by atoms with van der Waals surface area (Å²) in [5, 5.41) is 2.69. The SMILES string of the molecule is C#Cc1cccc(NC(=O)c2cnsn2)c1. The Morgan fingerprint density at radius 3 is 3.06 bits per heavy atom. The fourth-order valence-corrected chi connectivity index (χ4v) is 1.56. The molecule has 2 rings (SSSR count). The second kappa shape index (κ2) is 4.55. The molecule has 0 spiro atoms. The molecule has 78 valence electrons. The Balaban J connectivity index is 2.16. The molecule has 1 N–H and O–H groups in total. The smallest absolute Gasteiger partial charge is 0.277 e. The normalized spacial score (nSPS) is 9.44. The van der Waals surface area contributed by atoms with E-state index in [1.807, 2.05) is 0 Å². The molecule has 0 saturated heterocycles. The molecule has 16 heavy (non-hydrogen) atoms. The van der Waals surface area contributed by atoms with Gasteiger partial charge in [-0.3, -0.25) is 4.79 Å². The van der Waals surface area contributed by atoms with Crippen molar-refractivity contribution in [1.29, 1.82) is 0 Å². The molecule has 1 heterocycles. The molecule has 0 unspecified atom stereocenters. The lowest BCUT2D eigenvalue weighted by atomic mass is 10.2. The van der Waals surface area contributed by atoms with Gasteiger partial charge in [-0.15, -0.1) is 6.42 Å². The number of hydrogen-bond donors (Lipinski definition) is 1. The maximum Gasteiger partial charge on any atom is 0.277 e. The van der Waals surface area contributed by atoms with E-state index < -0.39 is 0 Å². The molecule has 5 heteroatoms. The van der Waals surface area contributed by atoms with Gasteiger partial charge in [0.25, 0.3) is 5.91 Å². The van der Waals surface area contributed by atoms with Crippen molar-refractivity contribution >= 4 is 23.3 Å². The highest BCUT2D eigenvalue weighted by Gasteiger charge is 2.08. The number of rotatable bonds is 2. The van der Waals surface area contributed by atoms with Gasteiger partial charge in [-0.2, -0.15) is 8.75 Å². The number of aromatic nitrogens is 2. The molecule has 4 nitrogen and oxygen atoms in total. The fourth-order valence-electron chi connectivity index (χ4n) is 1.15. The first-order valence-corrected chi connectivity index (χ1v) is 5.18. The number of terminal acetylenes is 1. The summed E-state index contributed by atoms with van der Waals surface area (Å²) in [6.45, 7) is 0. The molecular formula is C11H7N3OS. The second-order valence-electron chi connectivity index (χ2n) is 2.97. The monoisotopic (exact) mass is 229 g/mol. The standard InChI is InChI=1S/C11H7N3OS/c1-2-8-4-3-5-9(6-8)13-11(15)10-7-12-16-14-10/h1,3-7H,(H,13,15). The van der Waals surface area contributed by atoms with E-state index in [0.29, 0.717) is 16.9 Å². The highest BCUT2D eigenvalue weighted by atomic mass is 32.1. The van der Waals surface area contributed by atoms with Crippen LogP contribution in [0.1, 0.15) is 16.1 Å². The molecule has 1 aromatic carbocycles. The van der Waals surface area contributed by atoms with E-state index in [-0.39, 0.29) is 5.91 Å². The Bertz CT molecular complexity index is 543. The van der Waals surface area contributed by atoms with Crippen LogP contribution in [0.25, 0.3) is 0 Å². The van der Waals surface area contributed by atoms with Crippen molar-refractivity contribution in [2.24, 2.45) is 0 Å². The molecule has 0 aliphatic rings. The van der Waals surface area contributed by atoms with Crippen LogP contribution in [0.4, 0.5) is 5.69 Å². The Kier molecular flexibility index (Phi) is 2.94. The summed E-state index contributed by atoms with van der Waals surface area (Å²) in [4.78, 5) is 11.6. The summed E-state index contributed by atoms with van der Waals surface area (Å²) in [7, 11) is 0. The van der Waals surface area contributed by atoms with Crippen LogP contribution in [0.5, 0.6) is 0 Å². The molecule has 0 radical (unpaired) electrons. The summed E-state index contributed by atoms with van der Waals surface area (Å²) in [6.07, 6.45) is 6.68. The summed E-state index contributed by atoms with van der Waals surface area (Å²) in [5.74, 6) is 2.21. The second-order valence-corrected chi connectivity index (χ2v) is 3.53. The van der Waals surface area contributed by atoms with Gasteiger partial charge in [0.15, 0.2) is 5.69 Å². The predicted molar refractivity (Wildman–Crippen MR) is 62.2 cm³/mol. The van der Waals surface area contributed by atoms with Gasteiger partial charge in [0.2, 0.25) is 0 Å². The summed E-state index contributed by atoms with van der Waals surface area (Å²) < 4.78 is 7.59. The van der Waals surface area contributed by atoms with Gasteiger partial charge in [0.1, 0.15) is 0 Å². The number of benzene rings is 1. The Labute approximate surface area is 96.7 Å². The van der Waals surface area contributed by atoms with Crippen molar-refractivity contribution in [2.45, 2.75) is 0 Å². The number of nitrogens with zero attached hydrogens (tertiary/aromatic N) is 2. The number of hydrogen-bond acceptors (Lipinski definition) is 4. The zero-order chi connectivity index (χ0) is 11.4. The van der Waals surface area contributed by atoms with Crippen LogP contribution >= 0.6 is 11.7 Å². The molecule has 0 saturated carbocycles. The molecule has 0 bridgehead atoms. The van der Waals surface area contributed by atoms with E-state index in [1.54, 1.807) is 24.3 Å². The lowest BCUT2D eigenvalue weighted by molar-refractivity contribution is 0.102. The molecule has 2 aromatic rings. The van der Waals surface area contributed by atoms with E-state index in [2.05, 4.69) is 20.0 Å². The summed E-state index contributed by atoms with van der Waals surface area (Å²) in [5.41, 5.74) is 1.67. The maximum atomic E-state index is 11.6. The third-order valence-corrected chi connectivity index (χ3v) is 2.36. The van der Waals surface area contributed by atoms with Crippen LogP contribution in [0.15, 0.2) is 30.5 Å². The number of nitrogens with one attached hydrogen (secondary N) is 1. The minimum atomic E-state index is -0.289. The average Bonchev–Trinajstić information content (AvgIpc) is 2.83. The zero-order valence-corrected chi connectivity index (χ0v) is 8.99. The van der Waals surface area contributed by atoms with Crippen LogP contribution in [0.2, 0.25) is 0 Å². The van der Waals surface area contributed by atoms with Crippen molar-refractivity contribution in [1.82, 2.24) is 8.75 Å². The van der Waals surface area contributed by atoms with Gasteiger partial charge in [-0.25, -0.2) is 0 Å². The Morgan fingerprint density at radius 1 is 1.50 bits per heavy atom. The van der Waals surface area contributed by atoms with E-state index in [9.17, 15) is 4.79 Å². The topological polar surface area (TPSA) is 54.9 Å². The molecule has 0 aliphatic carbocycles. The van der Waals surface area contributed by atoms with Crippen molar-refractivity contribution in [3.63, 3.8) is 0 Å². The zero-order valence-electron chi connectivity index (χ0n) is 8.18. The van der Waals surface area contributed by atoms with E-state index in [0.717, 1.165) is 11.7 Å². The van der Waals surface area contributed by atoms with E-state index >= 15 is 0 Å². The first kappa shape index (κ1) is 10.3. The number of anilines is 1. The summed E-state index contributed by atoms with van der Waals surface area (Å²) in [6, 6.07) is 7.06. The maximum absolute atomic E-state index is 11.6. The number of carbonyl (C=O) groups excluding carboxylic acids is 1. The quantitative estimate of drug-likeness (QED) is 0.798. The first-order valence-electron chi connectivity index (χ1n) is 4.45. The van der Waals surface area contributed by atoms with Crippen LogP contribution in [0, 0.1) is 12.3 Å². The third-order valence-electron chi connectivity index (χ3n) is 1.88. The highest BCUT2D eigenvalue weighted by Crippen LogP contribution is 2.11. The number of carbonyl (C=O) groups is 1. The van der Waals surface area contributed by atoms with Gasteiger partial charge in [-0.1, -0.05) is 12.0 Å². The third kappa shape index (κ3) is 2.24. The number of amides is 1. The highest BCUT2D eigenvalue weighted by molar-refractivity contribution is 6.99. The largest absolute Gasteiger partial charge is 0.321 e. The van der Waals surface area contributed by atoms with Crippen molar-refractivity contribution in [3.8, 4) is 12.3 Å². The van der Waals surface area contributed by atoms with Crippen LogP contribution < -0.4 is 5.32 Å². The van der Waals surface area contributed by atoms with E-state index in [1.165, 1.54) is 6.20 Å². The van der Waals surface area contributed by atoms with Crippen molar-refractivity contribution in [2.75, 3.05) is 5.32 Å². The molecule has 0 aliphatic heterocycles. The minimum Gasteiger partial charge on any atom is -0.321 e. The van der Waals surface area contributed by atoms with Crippen LogP contribution in [0.3, 0.4) is 0 Å². The van der Waals surface area contributed by atoms with Crippen molar-refractivity contribution in [3.05, 3.63) is 41.7 Å². The average molecular weight is 229 g/mol. The Morgan fingerprint density at radius 2 is 2.38 bits per heavy atom. The van der Waals surface area contributed by atoms with Gasteiger partial charge >= 0.3 is 0 Å². The van der Waals surface area contributed by atoms with Gasteiger partial charge in [-0.05, 0) is 18.2 Å². The summed E-state index contributed by atoms with van der Waals surface area (Å²) >= 11 is 0.993. The molecule has 1 aromatic heterocycles. The van der Waals surface area contributed by atoms with Crippen LogP contribution in [-0.2, 0) is 0 Å². The van der Waals surface area contributed by atoms with E-state index in [4.69, 9.17) is 6.42 Å². The fraction of sp³-hybridized carbons (Fsp3) is 0. The molecular weight excluding hydrogens is 222 g/mol. The van der Waals surface area contributed by atoms with Gasteiger partial charge in [0, 0.05) is 11.3 Å². The van der Waals surface area contributed by atoms with Gasteiger partial charge in [0.05, 0.1) is 17.9 Å².